The van der Waals surface area contributed by atoms with Gasteiger partial charge in [-0.05, 0) is 77.8 Å². The lowest BCUT2D eigenvalue weighted by Gasteiger charge is -2.37. The minimum Gasteiger partial charge on any atom is -0.493 e. The second kappa shape index (κ2) is 9.14. The number of rotatable bonds is 6. The average Bonchev–Trinajstić information content (AvgIpc) is 3.30. The Balaban J connectivity index is 1.56. The van der Waals surface area contributed by atoms with E-state index in [0.29, 0.717) is 23.6 Å². The molecule has 0 N–H and O–H groups in total. The van der Waals surface area contributed by atoms with Crippen molar-refractivity contribution in [1.82, 2.24) is 4.90 Å². The van der Waals surface area contributed by atoms with E-state index in [1.807, 2.05) is 18.2 Å². The van der Waals surface area contributed by atoms with Crippen LogP contribution in [-0.2, 0) is 35.3 Å². The third-order valence-corrected chi connectivity index (χ3v) is 7.12. The van der Waals surface area contributed by atoms with Gasteiger partial charge in [-0.2, -0.15) is 0 Å². The molecular formula is C27H29NO6. The molecule has 7 nitrogen and oxygen atoms in total. The van der Waals surface area contributed by atoms with Crippen LogP contribution in [0.4, 0.5) is 0 Å². The number of methoxy groups -OCH3 is 3. The van der Waals surface area contributed by atoms with Crippen molar-refractivity contribution in [2.24, 2.45) is 0 Å². The second-order valence-electron chi connectivity index (χ2n) is 8.98. The van der Waals surface area contributed by atoms with Gasteiger partial charge < -0.3 is 18.6 Å². The van der Waals surface area contributed by atoms with Gasteiger partial charge in [-0.15, -0.1) is 0 Å². The van der Waals surface area contributed by atoms with E-state index in [0.717, 1.165) is 54.3 Å². The first-order chi connectivity index (χ1) is 16.5. The van der Waals surface area contributed by atoms with Crippen molar-refractivity contribution < 1.29 is 23.4 Å². The highest BCUT2D eigenvalue weighted by Crippen LogP contribution is 2.40. The quantitative estimate of drug-likeness (QED) is 0.404. The molecule has 2 aliphatic rings. The Morgan fingerprint density at radius 3 is 2.44 bits per heavy atom. The van der Waals surface area contributed by atoms with Crippen molar-refractivity contribution in [3.05, 3.63) is 68.6 Å². The number of carbonyl (C=O) groups is 1. The molecule has 178 valence electrons. The largest absolute Gasteiger partial charge is 0.493 e. The Hall–Kier alpha value is -3.32. The molecule has 0 spiro atoms. The molecule has 0 saturated carbocycles. The zero-order chi connectivity index (χ0) is 23.8. The summed E-state index contributed by atoms with van der Waals surface area (Å²) in [5.41, 5.74) is 5.93. The molecule has 0 radical (unpaired) electrons. The van der Waals surface area contributed by atoms with Gasteiger partial charge in [0.2, 0.25) is 0 Å². The summed E-state index contributed by atoms with van der Waals surface area (Å²) in [5.74, 6) is 1.01. The molecule has 0 saturated heterocycles. The first kappa shape index (κ1) is 22.5. The molecule has 1 aliphatic carbocycles. The van der Waals surface area contributed by atoms with Crippen molar-refractivity contribution in [2.75, 3.05) is 27.9 Å². The van der Waals surface area contributed by atoms with Crippen LogP contribution in [0.5, 0.6) is 11.5 Å². The van der Waals surface area contributed by atoms with Gasteiger partial charge in [0.05, 0.1) is 27.8 Å². The summed E-state index contributed by atoms with van der Waals surface area (Å²) in [7, 11) is 4.63. The number of hydrogen-bond acceptors (Lipinski definition) is 7. The molecule has 1 aliphatic heterocycles. The fourth-order valence-electron chi connectivity index (χ4n) is 5.39. The van der Waals surface area contributed by atoms with Crippen LogP contribution in [-0.4, -0.2) is 38.7 Å². The number of fused-ring (bicyclic) bond motifs is 3. The molecule has 0 amide bonds. The van der Waals surface area contributed by atoms with Crippen LogP contribution in [0.3, 0.4) is 0 Å². The Morgan fingerprint density at radius 1 is 0.971 bits per heavy atom. The number of aryl methyl sites for hydroxylation is 2. The van der Waals surface area contributed by atoms with Crippen LogP contribution in [0.25, 0.3) is 11.0 Å². The molecule has 0 bridgehead atoms. The predicted octanol–water partition coefficient (Wildman–Crippen LogP) is 3.96. The van der Waals surface area contributed by atoms with Gasteiger partial charge in [0, 0.05) is 30.6 Å². The number of nitrogens with zero attached hydrogens (tertiary/aromatic N) is 1. The fourth-order valence-corrected chi connectivity index (χ4v) is 5.39. The van der Waals surface area contributed by atoms with E-state index in [1.54, 1.807) is 20.3 Å². The molecule has 2 aromatic carbocycles. The van der Waals surface area contributed by atoms with Gasteiger partial charge in [0.25, 0.3) is 0 Å². The highest BCUT2D eigenvalue weighted by atomic mass is 16.5. The summed E-state index contributed by atoms with van der Waals surface area (Å²) in [6.07, 6.45) is 4.19. The third-order valence-electron chi connectivity index (χ3n) is 7.12. The lowest BCUT2D eigenvalue weighted by Crippen LogP contribution is -2.36. The summed E-state index contributed by atoms with van der Waals surface area (Å²) in [5, 5.41) is 0.968. The summed E-state index contributed by atoms with van der Waals surface area (Å²) < 4.78 is 21.6. The number of ether oxygens (including phenoxy) is 3. The lowest BCUT2D eigenvalue weighted by atomic mass is 9.89. The van der Waals surface area contributed by atoms with Crippen molar-refractivity contribution in [1.29, 1.82) is 0 Å². The number of carbonyl (C=O) groups excluding carboxylic acids is 1. The average molecular weight is 464 g/mol. The normalized spacial score (nSPS) is 17.3. The lowest BCUT2D eigenvalue weighted by molar-refractivity contribution is -0.142. The highest BCUT2D eigenvalue weighted by Gasteiger charge is 2.32. The molecule has 1 aromatic heterocycles. The van der Waals surface area contributed by atoms with Crippen molar-refractivity contribution in [2.45, 2.75) is 44.7 Å². The van der Waals surface area contributed by atoms with Gasteiger partial charge in [0.15, 0.2) is 11.5 Å². The van der Waals surface area contributed by atoms with E-state index in [-0.39, 0.29) is 24.1 Å². The van der Waals surface area contributed by atoms with Crippen LogP contribution in [0, 0.1) is 0 Å². The standard InChI is InChI=1S/C27H29NO6/c1-31-24-11-18-7-8-28(22(14-26(29)33-3)20(18)13-25(24)32-2)15-19-12-27(30)34-23-10-17-6-4-5-16(17)9-21(19)23/h9-13,22H,4-8,14-15H2,1-3H3/t22-/m0/s1. The van der Waals surface area contributed by atoms with Crippen LogP contribution < -0.4 is 15.1 Å². The van der Waals surface area contributed by atoms with Crippen molar-refractivity contribution in [3.63, 3.8) is 0 Å². The molecule has 2 heterocycles. The van der Waals surface area contributed by atoms with Gasteiger partial charge >= 0.3 is 11.6 Å². The van der Waals surface area contributed by atoms with E-state index >= 15 is 0 Å². The maximum Gasteiger partial charge on any atom is 0.336 e. The van der Waals surface area contributed by atoms with Crippen LogP contribution >= 0.6 is 0 Å². The van der Waals surface area contributed by atoms with Crippen LogP contribution in [0.1, 0.15) is 46.7 Å². The molecule has 34 heavy (non-hydrogen) atoms. The maximum atomic E-state index is 12.4. The SMILES string of the molecule is COC(=O)C[C@H]1c2cc(OC)c(OC)cc2CCN1Cc1cc(=O)oc2cc3c(cc12)CCC3. The highest BCUT2D eigenvalue weighted by molar-refractivity contribution is 5.82. The maximum absolute atomic E-state index is 12.4. The zero-order valence-electron chi connectivity index (χ0n) is 19.8. The monoisotopic (exact) mass is 463 g/mol. The summed E-state index contributed by atoms with van der Waals surface area (Å²) in [6.45, 7) is 1.26. The molecule has 1 atom stereocenters. The van der Waals surface area contributed by atoms with Gasteiger partial charge in [0.1, 0.15) is 5.58 Å². The Bertz CT molecular complexity index is 1310. The van der Waals surface area contributed by atoms with E-state index in [9.17, 15) is 9.59 Å². The minimum atomic E-state index is -0.353. The van der Waals surface area contributed by atoms with E-state index < -0.39 is 0 Å². The van der Waals surface area contributed by atoms with Gasteiger partial charge in [-0.3, -0.25) is 9.69 Å². The Morgan fingerprint density at radius 2 is 1.71 bits per heavy atom. The first-order valence-electron chi connectivity index (χ1n) is 11.6. The fraction of sp³-hybridized carbons (Fsp3) is 0.407. The zero-order valence-corrected chi connectivity index (χ0v) is 19.8. The second-order valence-corrected chi connectivity index (χ2v) is 8.98. The van der Waals surface area contributed by atoms with Crippen molar-refractivity contribution >= 4 is 16.9 Å². The van der Waals surface area contributed by atoms with E-state index in [2.05, 4.69) is 11.0 Å². The van der Waals surface area contributed by atoms with E-state index in [1.165, 1.54) is 18.2 Å². The molecule has 3 aromatic rings. The van der Waals surface area contributed by atoms with Crippen molar-refractivity contribution in [3.8, 4) is 11.5 Å². The smallest absolute Gasteiger partial charge is 0.336 e. The van der Waals surface area contributed by atoms with Gasteiger partial charge in [-0.25, -0.2) is 4.79 Å². The summed E-state index contributed by atoms with van der Waals surface area (Å²) >= 11 is 0. The van der Waals surface area contributed by atoms with E-state index in [4.69, 9.17) is 18.6 Å². The minimum absolute atomic E-state index is 0.202. The molecular weight excluding hydrogens is 434 g/mol. The first-order valence-corrected chi connectivity index (χ1v) is 11.6. The predicted molar refractivity (Wildman–Crippen MR) is 128 cm³/mol. The molecule has 5 rings (SSSR count). The van der Waals surface area contributed by atoms with Crippen LogP contribution in [0.15, 0.2) is 39.5 Å². The van der Waals surface area contributed by atoms with Gasteiger partial charge in [-0.1, -0.05) is 0 Å². The number of benzene rings is 2. The van der Waals surface area contributed by atoms with Crippen LogP contribution in [0.2, 0.25) is 0 Å². The molecule has 0 fully saturated rings. The summed E-state index contributed by atoms with van der Waals surface area (Å²) in [4.78, 5) is 27.0. The number of esters is 1. The topological polar surface area (TPSA) is 78.2 Å². The number of hydrogen-bond donors (Lipinski definition) is 0. The molecule has 7 heteroatoms. The molecule has 0 unspecified atom stereocenters. The Kier molecular flexibility index (Phi) is 6.04. The third kappa shape index (κ3) is 4.05. The summed E-state index contributed by atoms with van der Waals surface area (Å²) in [6, 6.07) is 9.52. The Labute approximate surface area is 198 Å².